The minimum absolute atomic E-state index is 0.167. The van der Waals surface area contributed by atoms with Crippen LogP contribution in [0.15, 0.2) is 65.6 Å². The molecule has 0 fully saturated rings. The third-order valence-electron chi connectivity index (χ3n) is 5.24. The topological polar surface area (TPSA) is 64.4 Å². The van der Waals surface area contributed by atoms with Crippen LogP contribution in [-0.4, -0.2) is 29.2 Å². The van der Waals surface area contributed by atoms with Gasteiger partial charge in [0.15, 0.2) is 5.13 Å². The van der Waals surface area contributed by atoms with E-state index in [2.05, 4.69) is 19.1 Å². The number of hydrogen-bond acceptors (Lipinski definition) is 5. The van der Waals surface area contributed by atoms with Gasteiger partial charge in [-0.25, -0.2) is 4.98 Å². The van der Waals surface area contributed by atoms with Crippen molar-refractivity contribution in [2.24, 2.45) is 0 Å². The summed E-state index contributed by atoms with van der Waals surface area (Å²) in [5, 5.41) is 0.636. The van der Waals surface area contributed by atoms with Gasteiger partial charge in [-0.2, -0.15) is 0 Å². The quantitative estimate of drug-likeness (QED) is 0.416. The molecule has 0 atom stereocenters. The lowest BCUT2D eigenvalue weighted by Crippen LogP contribution is -2.32. The molecule has 6 nitrogen and oxygen atoms in total. The smallest absolute Gasteiger partial charge is 0.261 e. The Labute approximate surface area is 190 Å². The monoisotopic (exact) mass is 447 g/mol. The zero-order valence-electron chi connectivity index (χ0n) is 18.4. The number of hydrogen-bond donors (Lipinski definition) is 0. The van der Waals surface area contributed by atoms with Crippen LogP contribution in [0.3, 0.4) is 0 Å². The Bertz CT molecular complexity index is 1310. The van der Waals surface area contributed by atoms with Crippen LogP contribution in [0.5, 0.6) is 0 Å². The number of ether oxygens (including phenoxy) is 1. The number of rotatable bonds is 7. The van der Waals surface area contributed by atoms with E-state index >= 15 is 0 Å². The number of methoxy groups -OCH3 is 1. The molecule has 7 heteroatoms. The largest absolute Gasteiger partial charge is 0.383 e. The maximum Gasteiger partial charge on any atom is 0.261 e. The molecule has 164 valence electrons. The van der Waals surface area contributed by atoms with E-state index in [0.717, 1.165) is 26.9 Å². The van der Waals surface area contributed by atoms with E-state index in [1.807, 2.05) is 37.3 Å². The average Bonchev–Trinajstić information content (AvgIpc) is 3.21. The van der Waals surface area contributed by atoms with Gasteiger partial charge in [0.1, 0.15) is 0 Å². The van der Waals surface area contributed by atoms with Crippen molar-refractivity contribution in [3.63, 3.8) is 0 Å². The zero-order chi connectivity index (χ0) is 22.7. The van der Waals surface area contributed by atoms with E-state index in [-0.39, 0.29) is 11.5 Å². The van der Waals surface area contributed by atoms with Gasteiger partial charge >= 0.3 is 0 Å². The van der Waals surface area contributed by atoms with Gasteiger partial charge in [-0.1, -0.05) is 47.7 Å². The molecule has 0 bridgehead atoms. The molecule has 2 heterocycles. The van der Waals surface area contributed by atoms with Crippen LogP contribution >= 0.6 is 11.3 Å². The summed E-state index contributed by atoms with van der Waals surface area (Å²) >= 11 is 1.50. The maximum atomic E-state index is 13.7. The van der Waals surface area contributed by atoms with Crippen molar-refractivity contribution in [2.75, 3.05) is 18.6 Å². The number of carbonyl (C=O) groups excluding carboxylic acids is 1. The minimum Gasteiger partial charge on any atom is -0.383 e. The van der Waals surface area contributed by atoms with E-state index < -0.39 is 0 Å². The van der Waals surface area contributed by atoms with Gasteiger partial charge in [-0.3, -0.25) is 14.5 Å². The van der Waals surface area contributed by atoms with Gasteiger partial charge in [0.05, 0.1) is 28.9 Å². The van der Waals surface area contributed by atoms with Crippen LogP contribution in [0, 0.1) is 13.8 Å². The fourth-order valence-electron chi connectivity index (χ4n) is 3.64. The molecule has 4 rings (SSSR count). The molecule has 0 saturated carbocycles. The fraction of sp³-hybridized carbons (Fsp3) is 0.240. The summed E-state index contributed by atoms with van der Waals surface area (Å²) in [7, 11) is 1.58. The third kappa shape index (κ3) is 4.64. The Morgan fingerprint density at radius 1 is 1.12 bits per heavy atom. The number of amides is 1. The highest BCUT2D eigenvalue weighted by Crippen LogP contribution is 2.33. The zero-order valence-corrected chi connectivity index (χ0v) is 19.2. The number of aryl methyl sites for hydroxylation is 2. The summed E-state index contributed by atoms with van der Waals surface area (Å²) in [6.45, 7) is 5.25. The first-order chi connectivity index (χ1) is 15.5. The van der Waals surface area contributed by atoms with Gasteiger partial charge in [-0.05, 0) is 42.7 Å². The number of pyridine rings is 1. The van der Waals surface area contributed by atoms with Crippen LogP contribution in [-0.2, 0) is 17.8 Å². The van der Waals surface area contributed by atoms with Crippen molar-refractivity contribution in [1.82, 2.24) is 9.55 Å². The van der Waals surface area contributed by atoms with Crippen LogP contribution < -0.4 is 10.5 Å². The Hall–Kier alpha value is -3.29. The van der Waals surface area contributed by atoms with Crippen LogP contribution in [0.25, 0.3) is 10.2 Å². The normalized spacial score (nSPS) is 11.1. The molecule has 0 N–H and O–H groups in total. The lowest BCUT2D eigenvalue weighted by atomic mass is 10.1. The summed E-state index contributed by atoms with van der Waals surface area (Å²) in [5.41, 5.74) is 4.43. The van der Waals surface area contributed by atoms with Crippen LogP contribution in [0.4, 0.5) is 5.13 Å². The molecule has 32 heavy (non-hydrogen) atoms. The number of anilines is 1. The second-order valence-electron chi connectivity index (χ2n) is 7.74. The predicted molar refractivity (Wildman–Crippen MR) is 129 cm³/mol. The van der Waals surface area contributed by atoms with Crippen LogP contribution in [0.2, 0.25) is 0 Å². The number of fused-ring (bicyclic) bond motifs is 1. The van der Waals surface area contributed by atoms with E-state index in [4.69, 9.17) is 9.72 Å². The van der Waals surface area contributed by atoms with Gasteiger partial charge in [0.25, 0.3) is 11.5 Å². The second-order valence-corrected chi connectivity index (χ2v) is 8.75. The van der Waals surface area contributed by atoms with Crippen LogP contribution in [0.1, 0.15) is 27.0 Å². The highest BCUT2D eigenvalue weighted by atomic mass is 32.1. The Kier molecular flexibility index (Phi) is 6.48. The molecule has 0 unspecified atom stereocenters. The molecule has 0 spiro atoms. The van der Waals surface area contributed by atoms with Gasteiger partial charge in [0.2, 0.25) is 0 Å². The summed E-state index contributed by atoms with van der Waals surface area (Å²) < 4.78 is 7.64. The molecular formula is C25H25N3O3S. The second kappa shape index (κ2) is 9.46. The lowest BCUT2D eigenvalue weighted by molar-refractivity contribution is 0.0984. The Morgan fingerprint density at radius 3 is 2.66 bits per heavy atom. The number of benzene rings is 2. The molecule has 0 radical (unpaired) electrons. The molecule has 2 aromatic carbocycles. The first-order valence-electron chi connectivity index (χ1n) is 10.4. The van der Waals surface area contributed by atoms with Gasteiger partial charge in [-0.15, -0.1) is 0 Å². The third-order valence-corrected chi connectivity index (χ3v) is 6.27. The standard InChI is InChI=1S/C25H25N3O3S/c1-17-13-18(2)23-21(14-17)32-25(26-23)28(15-19-7-5-4-6-8-19)24(30)20-9-10-22(29)27(16-20)11-12-31-3/h4-10,13-14,16H,11-12,15H2,1-3H3. The SMILES string of the molecule is COCCn1cc(C(=O)N(Cc2ccccc2)c2nc3c(C)cc(C)cc3s2)ccc1=O. The molecule has 0 saturated heterocycles. The van der Waals surface area contributed by atoms with Crippen molar-refractivity contribution in [3.05, 3.63) is 93.4 Å². The highest BCUT2D eigenvalue weighted by Gasteiger charge is 2.23. The van der Waals surface area contributed by atoms with E-state index in [1.54, 1.807) is 24.3 Å². The van der Waals surface area contributed by atoms with E-state index in [1.165, 1.54) is 22.0 Å². The van der Waals surface area contributed by atoms with Crippen molar-refractivity contribution < 1.29 is 9.53 Å². The number of nitrogens with zero attached hydrogens (tertiary/aromatic N) is 3. The Balaban J connectivity index is 1.77. The number of thiazole rings is 1. The predicted octanol–water partition coefficient (Wildman–Crippen LogP) is 4.57. The average molecular weight is 448 g/mol. The molecular weight excluding hydrogens is 422 g/mol. The van der Waals surface area contributed by atoms with Crippen molar-refractivity contribution >= 4 is 32.6 Å². The first kappa shape index (κ1) is 21.9. The van der Waals surface area contributed by atoms with Crippen molar-refractivity contribution in [2.45, 2.75) is 26.9 Å². The van der Waals surface area contributed by atoms with Crippen molar-refractivity contribution in [3.8, 4) is 0 Å². The molecule has 2 aromatic heterocycles. The Morgan fingerprint density at radius 2 is 1.91 bits per heavy atom. The molecule has 4 aromatic rings. The van der Waals surface area contributed by atoms with E-state index in [9.17, 15) is 9.59 Å². The fourth-order valence-corrected chi connectivity index (χ4v) is 4.78. The number of aromatic nitrogens is 2. The summed E-state index contributed by atoms with van der Waals surface area (Å²) in [6.07, 6.45) is 1.60. The molecule has 1 amide bonds. The van der Waals surface area contributed by atoms with E-state index in [0.29, 0.717) is 30.4 Å². The summed E-state index contributed by atoms with van der Waals surface area (Å²) in [6, 6.07) is 17.0. The molecule has 0 aliphatic rings. The molecule has 0 aliphatic carbocycles. The summed E-state index contributed by atoms with van der Waals surface area (Å²) in [5.74, 6) is -0.201. The highest BCUT2D eigenvalue weighted by molar-refractivity contribution is 7.22. The maximum absolute atomic E-state index is 13.7. The van der Waals surface area contributed by atoms with Gasteiger partial charge in [0, 0.05) is 25.9 Å². The summed E-state index contributed by atoms with van der Waals surface area (Å²) in [4.78, 5) is 32.4. The van der Waals surface area contributed by atoms with Gasteiger partial charge < -0.3 is 9.30 Å². The lowest BCUT2D eigenvalue weighted by Gasteiger charge is -2.20. The molecule has 0 aliphatic heterocycles. The number of carbonyl (C=O) groups is 1. The first-order valence-corrected chi connectivity index (χ1v) is 11.2. The van der Waals surface area contributed by atoms with Crippen molar-refractivity contribution in [1.29, 1.82) is 0 Å². The minimum atomic E-state index is -0.201.